The molecule has 0 unspecified atom stereocenters. The molecule has 5 nitrogen and oxygen atoms in total. The van der Waals surface area contributed by atoms with E-state index >= 15 is 0 Å². The van der Waals surface area contributed by atoms with E-state index in [1.54, 1.807) is 0 Å². The van der Waals surface area contributed by atoms with E-state index in [9.17, 15) is 14.0 Å². The van der Waals surface area contributed by atoms with Crippen LogP contribution in [0.5, 0.6) is 0 Å². The predicted octanol–water partition coefficient (Wildman–Crippen LogP) is 0.475. The second-order valence-corrected chi connectivity index (χ2v) is 3.54. The van der Waals surface area contributed by atoms with Crippen molar-refractivity contribution in [3.63, 3.8) is 0 Å². The maximum Gasteiger partial charge on any atom is 0.328 e. The monoisotopic (exact) mass is 238 g/mol. The summed E-state index contributed by atoms with van der Waals surface area (Å²) in [6.07, 6.45) is 0. The third kappa shape index (κ3) is 1.99. The Morgan fingerprint density at radius 3 is 2.88 bits per heavy atom. The molecule has 1 aromatic heterocycles. The highest BCUT2D eigenvalue weighted by Crippen LogP contribution is 2.09. The zero-order valence-electron chi connectivity index (χ0n) is 9.20. The van der Waals surface area contributed by atoms with Crippen molar-refractivity contribution in [3.05, 3.63) is 44.9 Å². The van der Waals surface area contributed by atoms with Gasteiger partial charge in [-0.3, -0.25) is 9.36 Å². The van der Waals surface area contributed by atoms with Gasteiger partial charge in [0.25, 0.3) is 5.56 Å². The third-order valence-corrected chi connectivity index (χ3v) is 2.49. The average molecular weight is 238 g/mol. The first-order valence-corrected chi connectivity index (χ1v) is 5.05. The number of para-hydroxylation sites is 1. The van der Waals surface area contributed by atoms with Gasteiger partial charge in [-0.15, -0.1) is 0 Å². The summed E-state index contributed by atoms with van der Waals surface area (Å²) in [5, 5.41) is 0.153. The molecule has 90 valence electrons. The van der Waals surface area contributed by atoms with Crippen molar-refractivity contribution >= 4 is 10.9 Å². The van der Waals surface area contributed by atoms with Crippen molar-refractivity contribution in [3.8, 4) is 0 Å². The lowest BCUT2D eigenvalue weighted by atomic mass is 10.2. The molecule has 0 saturated carbocycles. The fourth-order valence-electron chi connectivity index (χ4n) is 1.63. The van der Waals surface area contributed by atoms with Gasteiger partial charge in [-0.05, 0) is 12.1 Å². The van der Waals surface area contributed by atoms with Gasteiger partial charge in [-0.1, -0.05) is 6.07 Å². The Hall–Kier alpha value is -1.95. The number of H-pyrrole nitrogens is 1. The topological polar surface area (TPSA) is 64.1 Å². The number of rotatable bonds is 3. The molecule has 2 aromatic rings. The molecular weight excluding hydrogens is 227 g/mol. The second kappa shape index (κ2) is 4.50. The van der Waals surface area contributed by atoms with E-state index in [2.05, 4.69) is 4.98 Å². The molecule has 0 bridgehead atoms. The maximum atomic E-state index is 13.4. The standard InChI is InChI=1S/C11H11FN2O3/c1-17-6-5-14-10(15)7-3-2-4-8(12)9(7)13-11(14)16/h2-4H,5-6H2,1H3,(H,13,16). The molecule has 0 spiro atoms. The largest absolute Gasteiger partial charge is 0.383 e. The summed E-state index contributed by atoms with van der Waals surface area (Å²) in [5.74, 6) is -0.615. The number of halogens is 1. The number of nitrogens with one attached hydrogen (secondary N) is 1. The van der Waals surface area contributed by atoms with E-state index in [1.807, 2.05) is 0 Å². The number of aromatic amines is 1. The normalized spacial score (nSPS) is 10.9. The summed E-state index contributed by atoms with van der Waals surface area (Å²) in [7, 11) is 1.47. The van der Waals surface area contributed by atoms with Gasteiger partial charge in [0.2, 0.25) is 0 Å². The van der Waals surface area contributed by atoms with Gasteiger partial charge in [-0.25, -0.2) is 9.18 Å². The Morgan fingerprint density at radius 1 is 1.41 bits per heavy atom. The second-order valence-electron chi connectivity index (χ2n) is 3.54. The fraction of sp³-hybridized carbons (Fsp3) is 0.273. The van der Waals surface area contributed by atoms with Crippen LogP contribution in [-0.2, 0) is 11.3 Å². The summed E-state index contributed by atoms with van der Waals surface area (Å²) in [6, 6.07) is 4.09. The van der Waals surface area contributed by atoms with Crippen LogP contribution in [0.2, 0.25) is 0 Å². The van der Waals surface area contributed by atoms with Crippen LogP contribution in [0.4, 0.5) is 4.39 Å². The molecular formula is C11H11FN2O3. The highest BCUT2D eigenvalue weighted by molar-refractivity contribution is 5.77. The summed E-state index contributed by atoms with van der Waals surface area (Å²) in [5.41, 5.74) is -1.21. The minimum Gasteiger partial charge on any atom is -0.383 e. The van der Waals surface area contributed by atoms with E-state index in [4.69, 9.17) is 4.74 Å². The number of methoxy groups -OCH3 is 1. The van der Waals surface area contributed by atoms with Crippen molar-refractivity contribution in [1.29, 1.82) is 0 Å². The first-order valence-electron chi connectivity index (χ1n) is 5.05. The molecule has 0 radical (unpaired) electrons. The minimum absolute atomic E-state index is 0.0591. The highest BCUT2D eigenvalue weighted by atomic mass is 19.1. The Labute approximate surface area is 95.5 Å². The molecule has 0 atom stereocenters. The van der Waals surface area contributed by atoms with Crippen LogP contribution in [0.1, 0.15) is 0 Å². The third-order valence-electron chi connectivity index (χ3n) is 2.49. The van der Waals surface area contributed by atoms with Gasteiger partial charge in [0.1, 0.15) is 5.82 Å². The molecule has 1 aromatic carbocycles. The molecule has 0 fully saturated rings. The van der Waals surface area contributed by atoms with Crippen molar-refractivity contribution in [2.24, 2.45) is 0 Å². The van der Waals surface area contributed by atoms with Crippen LogP contribution in [-0.4, -0.2) is 23.3 Å². The zero-order valence-corrected chi connectivity index (χ0v) is 9.20. The minimum atomic E-state index is -0.635. The Kier molecular flexibility index (Phi) is 3.06. The van der Waals surface area contributed by atoms with Crippen molar-refractivity contribution in [2.75, 3.05) is 13.7 Å². The lowest BCUT2D eigenvalue weighted by Crippen LogP contribution is -2.36. The van der Waals surface area contributed by atoms with Gasteiger partial charge in [-0.2, -0.15) is 0 Å². The molecule has 0 aliphatic carbocycles. The number of aromatic nitrogens is 2. The van der Waals surface area contributed by atoms with Crippen molar-refractivity contribution < 1.29 is 9.13 Å². The molecule has 1 N–H and O–H groups in total. The molecule has 0 amide bonds. The van der Waals surface area contributed by atoms with E-state index in [0.29, 0.717) is 0 Å². The quantitative estimate of drug-likeness (QED) is 0.845. The molecule has 0 aliphatic rings. The Bertz CT molecular complexity index is 660. The average Bonchev–Trinajstić information content (AvgIpc) is 2.31. The van der Waals surface area contributed by atoms with Crippen LogP contribution in [0.15, 0.2) is 27.8 Å². The van der Waals surface area contributed by atoms with E-state index in [-0.39, 0.29) is 24.1 Å². The maximum absolute atomic E-state index is 13.4. The van der Waals surface area contributed by atoms with Gasteiger partial charge >= 0.3 is 5.69 Å². The molecule has 1 heterocycles. The smallest absolute Gasteiger partial charge is 0.328 e. The van der Waals surface area contributed by atoms with Gasteiger partial charge in [0, 0.05) is 7.11 Å². The summed E-state index contributed by atoms with van der Waals surface area (Å²) >= 11 is 0. The van der Waals surface area contributed by atoms with E-state index < -0.39 is 17.1 Å². The molecule has 17 heavy (non-hydrogen) atoms. The number of fused-ring (bicyclic) bond motifs is 1. The lowest BCUT2D eigenvalue weighted by Gasteiger charge is -2.05. The van der Waals surface area contributed by atoms with Crippen LogP contribution in [0.3, 0.4) is 0 Å². The fourth-order valence-corrected chi connectivity index (χ4v) is 1.63. The molecule has 0 saturated heterocycles. The van der Waals surface area contributed by atoms with Crippen LogP contribution < -0.4 is 11.2 Å². The molecule has 6 heteroatoms. The SMILES string of the molecule is COCCn1c(=O)[nH]c2c(F)cccc2c1=O. The Morgan fingerprint density at radius 2 is 2.18 bits per heavy atom. The zero-order chi connectivity index (χ0) is 12.4. The predicted molar refractivity (Wildman–Crippen MR) is 60.7 cm³/mol. The van der Waals surface area contributed by atoms with E-state index in [1.165, 1.54) is 25.3 Å². The molecule has 0 aliphatic heterocycles. The number of hydrogen-bond donors (Lipinski definition) is 1. The van der Waals surface area contributed by atoms with Crippen LogP contribution >= 0.6 is 0 Å². The summed E-state index contributed by atoms with van der Waals surface area (Å²) in [4.78, 5) is 25.9. The number of hydrogen-bond acceptors (Lipinski definition) is 3. The summed E-state index contributed by atoms with van der Waals surface area (Å²) < 4.78 is 19.2. The number of ether oxygens (including phenoxy) is 1. The summed E-state index contributed by atoms with van der Waals surface area (Å²) in [6.45, 7) is 0.376. The van der Waals surface area contributed by atoms with E-state index in [0.717, 1.165) is 4.57 Å². The Balaban J connectivity index is 2.73. The van der Waals surface area contributed by atoms with Gasteiger partial charge in [0.15, 0.2) is 0 Å². The van der Waals surface area contributed by atoms with Crippen molar-refractivity contribution in [2.45, 2.75) is 6.54 Å². The highest BCUT2D eigenvalue weighted by Gasteiger charge is 2.09. The van der Waals surface area contributed by atoms with Gasteiger partial charge < -0.3 is 9.72 Å². The first kappa shape index (κ1) is 11.5. The number of nitrogens with zero attached hydrogens (tertiary/aromatic N) is 1. The number of benzene rings is 1. The molecule has 2 rings (SSSR count). The van der Waals surface area contributed by atoms with Crippen LogP contribution in [0.25, 0.3) is 10.9 Å². The first-order chi connectivity index (χ1) is 8.15. The van der Waals surface area contributed by atoms with Crippen molar-refractivity contribution in [1.82, 2.24) is 9.55 Å². The van der Waals surface area contributed by atoms with Crippen LogP contribution in [0, 0.1) is 5.82 Å². The van der Waals surface area contributed by atoms with Gasteiger partial charge in [0.05, 0.1) is 24.1 Å². The lowest BCUT2D eigenvalue weighted by molar-refractivity contribution is 0.185.